The number of hydrogen-bond acceptors (Lipinski definition) is 4. The van der Waals surface area contributed by atoms with Crippen molar-refractivity contribution in [1.29, 1.82) is 0 Å². The van der Waals surface area contributed by atoms with Crippen molar-refractivity contribution in [2.24, 2.45) is 5.92 Å². The third-order valence-electron chi connectivity index (χ3n) is 3.38. The summed E-state index contributed by atoms with van der Waals surface area (Å²) in [5, 5.41) is 10.9. The molecule has 1 N–H and O–H groups in total. The van der Waals surface area contributed by atoms with Crippen LogP contribution >= 0.6 is 0 Å². The Hall–Kier alpha value is -1.43. The van der Waals surface area contributed by atoms with Crippen LogP contribution in [0.3, 0.4) is 0 Å². The topological polar surface area (TPSA) is 63.1 Å². The molecule has 1 amide bonds. The zero-order valence-electron chi connectivity index (χ0n) is 10.9. The Morgan fingerprint density at radius 1 is 1.61 bits per heavy atom. The summed E-state index contributed by atoms with van der Waals surface area (Å²) in [5.41, 5.74) is 0. The van der Waals surface area contributed by atoms with E-state index in [2.05, 4.69) is 15.6 Å². The summed E-state index contributed by atoms with van der Waals surface area (Å²) in [4.78, 5) is 14.0. The second kappa shape index (κ2) is 6.49. The van der Waals surface area contributed by atoms with Gasteiger partial charge in [-0.15, -0.1) is 5.10 Å². The van der Waals surface area contributed by atoms with Gasteiger partial charge in [0.2, 0.25) is 5.91 Å². The summed E-state index contributed by atoms with van der Waals surface area (Å²) in [7, 11) is 0. The van der Waals surface area contributed by atoms with Crippen molar-refractivity contribution in [2.75, 3.05) is 26.2 Å². The lowest BCUT2D eigenvalue weighted by Gasteiger charge is -2.29. The average molecular weight is 251 g/mol. The Kier molecular flexibility index (Phi) is 4.69. The van der Waals surface area contributed by atoms with Gasteiger partial charge in [-0.25, -0.2) is 4.68 Å². The van der Waals surface area contributed by atoms with Crippen LogP contribution in [0.15, 0.2) is 12.4 Å². The van der Waals surface area contributed by atoms with E-state index >= 15 is 0 Å². The Labute approximate surface area is 107 Å². The van der Waals surface area contributed by atoms with Gasteiger partial charge in [-0.2, -0.15) is 0 Å². The molecule has 1 fully saturated rings. The number of likely N-dealkylation sites (N-methyl/N-ethyl adjacent to an activating group) is 1. The first-order chi connectivity index (χ1) is 8.79. The third-order valence-corrected chi connectivity index (χ3v) is 3.38. The minimum atomic E-state index is 0.119. The lowest BCUT2D eigenvalue weighted by atomic mass is 9.99. The second-order valence-corrected chi connectivity index (χ2v) is 4.75. The molecule has 1 aromatic heterocycles. The maximum Gasteiger partial charge on any atom is 0.244 e. The first-order valence-corrected chi connectivity index (χ1v) is 6.62. The molecule has 1 aromatic rings. The molecule has 0 bridgehead atoms. The first kappa shape index (κ1) is 13.0. The monoisotopic (exact) mass is 251 g/mol. The number of rotatable bonds is 5. The van der Waals surface area contributed by atoms with Gasteiger partial charge in [-0.1, -0.05) is 5.21 Å². The van der Waals surface area contributed by atoms with E-state index in [9.17, 15) is 4.79 Å². The maximum atomic E-state index is 12.1. The van der Waals surface area contributed by atoms with Gasteiger partial charge in [-0.05, 0) is 38.8 Å². The zero-order valence-corrected chi connectivity index (χ0v) is 10.9. The highest BCUT2D eigenvalue weighted by Gasteiger charge is 2.19. The normalized spacial score (nSPS) is 19.7. The van der Waals surface area contributed by atoms with Gasteiger partial charge in [-0.3, -0.25) is 4.79 Å². The lowest BCUT2D eigenvalue weighted by molar-refractivity contribution is -0.132. The van der Waals surface area contributed by atoms with Crippen LogP contribution in [0.4, 0.5) is 0 Å². The summed E-state index contributed by atoms with van der Waals surface area (Å²) < 4.78 is 1.57. The Morgan fingerprint density at radius 3 is 3.11 bits per heavy atom. The number of aromatic nitrogens is 3. The molecule has 0 aliphatic carbocycles. The van der Waals surface area contributed by atoms with Crippen molar-refractivity contribution < 1.29 is 4.79 Å². The summed E-state index contributed by atoms with van der Waals surface area (Å²) in [5.74, 6) is 0.701. The van der Waals surface area contributed by atoms with Crippen LogP contribution in [0.2, 0.25) is 0 Å². The van der Waals surface area contributed by atoms with E-state index in [-0.39, 0.29) is 12.5 Å². The summed E-state index contributed by atoms with van der Waals surface area (Å²) in [6.45, 7) is 6.03. The molecular weight excluding hydrogens is 230 g/mol. The van der Waals surface area contributed by atoms with Crippen LogP contribution in [-0.2, 0) is 11.3 Å². The molecule has 6 nitrogen and oxygen atoms in total. The van der Waals surface area contributed by atoms with Crippen molar-refractivity contribution >= 4 is 5.91 Å². The van der Waals surface area contributed by atoms with Crippen LogP contribution in [0.5, 0.6) is 0 Å². The van der Waals surface area contributed by atoms with Gasteiger partial charge >= 0.3 is 0 Å². The molecule has 0 aromatic carbocycles. The maximum absolute atomic E-state index is 12.1. The van der Waals surface area contributed by atoms with Crippen LogP contribution in [0, 0.1) is 5.92 Å². The van der Waals surface area contributed by atoms with Gasteiger partial charge < -0.3 is 10.2 Å². The number of piperidine rings is 1. The van der Waals surface area contributed by atoms with E-state index in [0.717, 1.165) is 26.2 Å². The molecule has 0 radical (unpaired) electrons. The van der Waals surface area contributed by atoms with E-state index in [1.807, 2.05) is 11.8 Å². The van der Waals surface area contributed by atoms with E-state index in [4.69, 9.17) is 0 Å². The fraction of sp³-hybridized carbons (Fsp3) is 0.750. The molecule has 6 heteroatoms. The standard InChI is InChI=1S/C12H21N5O/c1-2-16(9-11-4-3-5-13-8-11)12(18)10-17-7-6-14-15-17/h6-7,11,13H,2-5,8-10H2,1H3. The van der Waals surface area contributed by atoms with Crippen molar-refractivity contribution in [1.82, 2.24) is 25.2 Å². The van der Waals surface area contributed by atoms with Gasteiger partial charge in [0.1, 0.15) is 6.54 Å². The average Bonchev–Trinajstić information content (AvgIpc) is 2.90. The van der Waals surface area contributed by atoms with E-state index < -0.39 is 0 Å². The number of carbonyl (C=O) groups is 1. The Morgan fingerprint density at radius 2 is 2.50 bits per heavy atom. The SMILES string of the molecule is CCN(CC1CCCNC1)C(=O)Cn1ccnn1. The van der Waals surface area contributed by atoms with Crippen molar-refractivity contribution in [3.05, 3.63) is 12.4 Å². The second-order valence-electron chi connectivity index (χ2n) is 4.75. The highest BCUT2D eigenvalue weighted by atomic mass is 16.2. The van der Waals surface area contributed by atoms with Crippen molar-refractivity contribution in [2.45, 2.75) is 26.3 Å². The van der Waals surface area contributed by atoms with E-state index in [0.29, 0.717) is 5.92 Å². The number of hydrogen-bond donors (Lipinski definition) is 1. The molecule has 18 heavy (non-hydrogen) atoms. The predicted molar refractivity (Wildman–Crippen MR) is 67.9 cm³/mol. The molecule has 0 saturated carbocycles. The third kappa shape index (κ3) is 3.53. The molecule has 1 atom stereocenters. The molecule has 2 heterocycles. The summed E-state index contributed by atoms with van der Waals surface area (Å²) in [6.07, 6.45) is 5.72. The minimum absolute atomic E-state index is 0.119. The molecule has 2 rings (SSSR count). The Bertz CT molecular complexity index is 359. The molecule has 100 valence electrons. The molecular formula is C12H21N5O. The molecule has 1 saturated heterocycles. The van der Waals surface area contributed by atoms with Crippen LogP contribution < -0.4 is 5.32 Å². The number of carbonyl (C=O) groups excluding carboxylic acids is 1. The van der Waals surface area contributed by atoms with Crippen LogP contribution in [0.25, 0.3) is 0 Å². The van der Waals surface area contributed by atoms with Gasteiger partial charge in [0.15, 0.2) is 0 Å². The fourth-order valence-electron chi connectivity index (χ4n) is 2.35. The predicted octanol–water partition coefficient (Wildman–Crippen LogP) is 0.126. The van der Waals surface area contributed by atoms with Gasteiger partial charge in [0.25, 0.3) is 0 Å². The molecule has 1 aliphatic heterocycles. The quantitative estimate of drug-likeness (QED) is 0.808. The molecule has 1 unspecified atom stereocenters. The Balaban J connectivity index is 1.85. The number of nitrogens with one attached hydrogen (secondary N) is 1. The van der Waals surface area contributed by atoms with Crippen LogP contribution in [0.1, 0.15) is 19.8 Å². The summed E-state index contributed by atoms with van der Waals surface area (Å²) >= 11 is 0. The summed E-state index contributed by atoms with van der Waals surface area (Å²) in [6, 6.07) is 0. The lowest BCUT2D eigenvalue weighted by Crippen LogP contribution is -2.42. The fourth-order valence-corrected chi connectivity index (χ4v) is 2.35. The smallest absolute Gasteiger partial charge is 0.244 e. The highest BCUT2D eigenvalue weighted by Crippen LogP contribution is 2.12. The molecule has 1 aliphatic rings. The van der Waals surface area contributed by atoms with Crippen LogP contribution in [-0.4, -0.2) is 52.0 Å². The number of amides is 1. The zero-order chi connectivity index (χ0) is 12.8. The number of nitrogens with zero attached hydrogens (tertiary/aromatic N) is 4. The van der Waals surface area contributed by atoms with Crippen molar-refractivity contribution in [3.8, 4) is 0 Å². The van der Waals surface area contributed by atoms with Gasteiger partial charge in [0.05, 0.1) is 6.20 Å². The van der Waals surface area contributed by atoms with Gasteiger partial charge in [0, 0.05) is 19.3 Å². The minimum Gasteiger partial charge on any atom is -0.341 e. The van der Waals surface area contributed by atoms with Crippen molar-refractivity contribution in [3.63, 3.8) is 0 Å². The first-order valence-electron chi connectivity index (χ1n) is 6.62. The molecule has 0 spiro atoms. The largest absolute Gasteiger partial charge is 0.341 e. The highest BCUT2D eigenvalue weighted by molar-refractivity contribution is 5.75. The van der Waals surface area contributed by atoms with E-state index in [1.54, 1.807) is 17.1 Å². The van der Waals surface area contributed by atoms with E-state index in [1.165, 1.54) is 12.8 Å².